The van der Waals surface area contributed by atoms with Gasteiger partial charge in [0.2, 0.25) is 9.84 Å². The lowest BCUT2D eigenvalue weighted by atomic mass is 10.0. The molecule has 2 amide bonds. The monoisotopic (exact) mass is 487 g/mol. The Morgan fingerprint density at radius 3 is 2.51 bits per heavy atom. The van der Waals surface area contributed by atoms with Crippen molar-refractivity contribution in [3.05, 3.63) is 88.5 Å². The molecule has 0 aromatic heterocycles. The van der Waals surface area contributed by atoms with Gasteiger partial charge in [-0.2, -0.15) is 5.26 Å². The first-order chi connectivity index (χ1) is 16.6. The molecule has 3 aromatic carbocycles. The summed E-state index contributed by atoms with van der Waals surface area (Å²) in [6.07, 6.45) is 0.175. The minimum atomic E-state index is -4.02. The van der Waals surface area contributed by atoms with Crippen molar-refractivity contribution in [2.24, 2.45) is 0 Å². The average Bonchev–Trinajstić information content (AvgIpc) is 2.92. The Morgan fingerprint density at radius 2 is 1.77 bits per heavy atom. The van der Waals surface area contributed by atoms with Gasteiger partial charge in [-0.05, 0) is 55.3 Å². The van der Waals surface area contributed by atoms with Crippen molar-refractivity contribution in [2.45, 2.75) is 36.6 Å². The van der Waals surface area contributed by atoms with E-state index in [1.807, 2.05) is 38.1 Å². The van der Waals surface area contributed by atoms with E-state index in [9.17, 15) is 18.0 Å². The summed E-state index contributed by atoms with van der Waals surface area (Å²) in [6.45, 7) is 4.27. The van der Waals surface area contributed by atoms with Crippen molar-refractivity contribution in [1.29, 1.82) is 5.26 Å². The van der Waals surface area contributed by atoms with Crippen LogP contribution in [0.3, 0.4) is 0 Å². The van der Waals surface area contributed by atoms with Crippen LogP contribution in [-0.4, -0.2) is 38.7 Å². The quantitative estimate of drug-likeness (QED) is 0.535. The summed E-state index contributed by atoms with van der Waals surface area (Å²) < 4.78 is 27.3. The third kappa shape index (κ3) is 4.43. The number of nitrogens with zero attached hydrogens (tertiary/aromatic N) is 3. The highest BCUT2D eigenvalue weighted by atomic mass is 32.2. The molecule has 1 aliphatic rings. The molecule has 3 aromatic rings. The second-order valence-corrected chi connectivity index (χ2v) is 10.5. The van der Waals surface area contributed by atoms with Gasteiger partial charge in [0.05, 0.1) is 40.1 Å². The summed E-state index contributed by atoms with van der Waals surface area (Å²) in [7, 11) is -2.44. The summed E-state index contributed by atoms with van der Waals surface area (Å²) in [4.78, 5) is 29.5. The van der Waals surface area contributed by atoms with E-state index in [4.69, 9.17) is 5.26 Å². The van der Waals surface area contributed by atoms with Crippen LogP contribution in [0.5, 0.6) is 0 Å². The van der Waals surface area contributed by atoms with E-state index in [0.717, 1.165) is 16.7 Å². The molecule has 0 atom stereocenters. The van der Waals surface area contributed by atoms with Crippen molar-refractivity contribution >= 4 is 27.3 Å². The minimum absolute atomic E-state index is 0.0302. The van der Waals surface area contributed by atoms with Gasteiger partial charge in [0.15, 0.2) is 0 Å². The summed E-state index contributed by atoms with van der Waals surface area (Å²) >= 11 is 0. The van der Waals surface area contributed by atoms with Gasteiger partial charge in [0.1, 0.15) is 0 Å². The fourth-order valence-electron chi connectivity index (χ4n) is 4.18. The molecule has 0 unspecified atom stereocenters. The van der Waals surface area contributed by atoms with Crippen LogP contribution in [0.15, 0.2) is 70.5 Å². The van der Waals surface area contributed by atoms with Crippen LogP contribution in [0.4, 0.5) is 5.69 Å². The van der Waals surface area contributed by atoms with Gasteiger partial charge in [-0.25, -0.2) is 8.42 Å². The maximum atomic E-state index is 13.8. The highest BCUT2D eigenvalue weighted by Crippen LogP contribution is 2.38. The fourth-order valence-corrected chi connectivity index (χ4v) is 5.81. The maximum Gasteiger partial charge on any atom is 0.259 e. The summed E-state index contributed by atoms with van der Waals surface area (Å²) in [5.41, 5.74) is 3.35. The van der Waals surface area contributed by atoms with Gasteiger partial charge in [0, 0.05) is 19.2 Å². The van der Waals surface area contributed by atoms with Gasteiger partial charge in [-0.1, -0.05) is 35.9 Å². The number of aryl methyl sites for hydroxylation is 2. The van der Waals surface area contributed by atoms with Gasteiger partial charge in [0.25, 0.3) is 11.8 Å². The Bertz CT molecular complexity index is 1490. The first-order valence-electron chi connectivity index (χ1n) is 11.1. The van der Waals surface area contributed by atoms with Gasteiger partial charge in [-0.3, -0.25) is 9.59 Å². The number of anilines is 1. The van der Waals surface area contributed by atoms with E-state index < -0.39 is 15.7 Å². The van der Waals surface area contributed by atoms with Gasteiger partial charge in [-0.15, -0.1) is 0 Å². The van der Waals surface area contributed by atoms with Crippen LogP contribution in [0.2, 0.25) is 0 Å². The Hall–Kier alpha value is -3.96. The van der Waals surface area contributed by atoms with Crippen LogP contribution in [0, 0.1) is 25.2 Å². The topological polar surface area (TPSA) is 98.6 Å². The molecule has 0 aliphatic carbocycles. The third-order valence-corrected chi connectivity index (χ3v) is 8.04. The van der Waals surface area contributed by atoms with Crippen LogP contribution < -0.4 is 4.90 Å². The maximum absolute atomic E-state index is 13.8. The Labute approximate surface area is 205 Å². The molecule has 7 nitrogen and oxygen atoms in total. The molecule has 0 spiro atoms. The molecular weight excluding hydrogens is 462 g/mol. The first-order valence-corrected chi connectivity index (χ1v) is 12.6. The number of nitriles is 1. The van der Waals surface area contributed by atoms with E-state index in [2.05, 4.69) is 0 Å². The number of sulfone groups is 1. The Kier molecular flexibility index (Phi) is 6.46. The largest absolute Gasteiger partial charge is 0.341 e. The van der Waals surface area contributed by atoms with E-state index in [-0.39, 0.29) is 52.0 Å². The zero-order valence-corrected chi connectivity index (χ0v) is 20.6. The number of fused-ring (bicyclic) bond motifs is 2. The fraction of sp³-hybridized carbons (Fsp3) is 0.222. The van der Waals surface area contributed by atoms with Crippen LogP contribution in [-0.2, 0) is 16.4 Å². The number of carbonyl (C=O) groups is 2. The zero-order valence-electron chi connectivity index (χ0n) is 19.8. The summed E-state index contributed by atoms with van der Waals surface area (Å²) in [6, 6.07) is 18.4. The molecule has 1 aliphatic heterocycles. The third-order valence-electron chi connectivity index (χ3n) is 6.18. The van der Waals surface area contributed by atoms with Crippen LogP contribution in [0.1, 0.15) is 43.8 Å². The van der Waals surface area contributed by atoms with Crippen molar-refractivity contribution in [1.82, 2.24) is 4.90 Å². The highest BCUT2D eigenvalue weighted by molar-refractivity contribution is 7.91. The van der Waals surface area contributed by atoms with E-state index in [1.54, 1.807) is 19.2 Å². The predicted molar refractivity (Wildman–Crippen MR) is 132 cm³/mol. The van der Waals surface area contributed by atoms with E-state index in [0.29, 0.717) is 0 Å². The van der Waals surface area contributed by atoms with E-state index >= 15 is 0 Å². The number of benzene rings is 3. The smallest absolute Gasteiger partial charge is 0.259 e. The lowest BCUT2D eigenvalue weighted by molar-refractivity contribution is 0.0797. The molecule has 35 heavy (non-hydrogen) atoms. The number of hydrogen-bond acceptors (Lipinski definition) is 5. The Balaban J connectivity index is 1.92. The number of carbonyl (C=O) groups excluding carboxylic acids is 2. The predicted octanol–water partition coefficient (Wildman–Crippen LogP) is 4.28. The minimum Gasteiger partial charge on any atom is -0.341 e. The zero-order chi connectivity index (χ0) is 25.3. The molecule has 0 N–H and O–H groups in total. The standard InChI is InChI=1S/C27H25N3O4S/c1-18-9-10-19(2)21(15-18)17-30-23-16-20(26(31)29(3)14-6-13-28)11-12-25(23)35(33,34)24-8-5-4-7-22(24)27(30)32/h4-5,7-12,15-16H,6,14,17H2,1-3H3. The van der Waals surface area contributed by atoms with Gasteiger partial charge < -0.3 is 9.80 Å². The van der Waals surface area contributed by atoms with Crippen LogP contribution in [0.25, 0.3) is 0 Å². The summed E-state index contributed by atoms with van der Waals surface area (Å²) in [5.74, 6) is -0.812. The van der Waals surface area contributed by atoms with Crippen molar-refractivity contribution in [2.75, 3.05) is 18.5 Å². The van der Waals surface area contributed by atoms with Crippen molar-refractivity contribution in [3.8, 4) is 6.07 Å². The molecule has 178 valence electrons. The molecular formula is C27H25N3O4S. The molecule has 0 saturated heterocycles. The molecule has 0 radical (unpaired) electrons. The molecule has 1 heterocycles. The lowest BCUT2D eigenvalue weighted by Crippen LogP contribution is -2.31. The molecule has 0 saturated carbocycles. The second-order valence-electron chi connectivity index (χ2n) is 8.64. The summed E-state index contributed by atoms with van der Waals surface area (Å²) in [5, 5.41) is 8.85. The average molecular weight is 488 g/mol. The lowest BCUT2D eigenvalue weighted by Gasteiger charge is -2.25. The normalized spacial score (nSPS) is 13.9. The van der Waals surface area contributed by atoms with Crippen molar-refractivity contribution in [3.63, 3.8) is 0 Å². The van der Waals surface area contributed by atoms with Crippen molar-refractivity contribution < 1.29 is 18.0 Å². The molecule has 0 fully saturated rings. The number of amides is 2. The highest BCUT2D eigenvalue weighted by Gasteiger charge is 2.36. The second kappa shape index (κ2) is 9.35. The SMILES string of the molecule is Cc1ccc(C)c(CN2C(=O)c3ccccc3S(=O)(=O)c3ccc(C(=O)N(C)CCC#N)cc32)c1. The Morgan fingerprint density at radius 1 is 1.03 bits per heavy atom. The molecule has 4 rings (SSSR count). The van der Waals surface area contributed by atoms with Crippen LogP contribution >= 0.6 is 0 Å². The number of hydrogen-bond donors (Lipinski definition) is 0. The van der Waals surface area contributed by atoms with Gasteiger partial charge >= 0.3 is 0 Å². The van der Waals surface area contributed by atoms with E-state index in [1.165, 1.54) is 40.1 Å². The first kappa shape index (κ1) is 24.2. The molecule has 0 bridgehead atoms. The number of rotatable bonds is 5. The molecule has 8 heteroatoms.